The van der Waals surface area contributed by atoms with E-state index in [0.29, 0.717) is 19.6 Å². The van der Waals surface area contributed by atoms with Crippen molar-refractivity contribution < 1.29 is 8.42 Å². The maximum Gasteiger partial charge on any atom is 0.282 e. The second-order valence-electron chi connectivity index (χ2n) is 6.61. The molecule has 0 spiro atoms. The van der Waals surface area contributed by atoms with Gasteiger partial charge >= 0.3 is 0 Å². The molecule has 2 aliphatic rings. The fourth-order valence-corrected chi connectivity index (χ4v) is 6.80. The van der Waals surface area contributed by atoms with E-state index in [9.17, 15) is 8.42 Å². The Hall–Kier alpha value is -1.02. The molecule has 3 heterocycles. The van der Waals surface area contributed by atoms with E-state index in [-0.39, 0.29) is 6.04 Å². The van der Waals surface area contributed by atoms with Crippen molar-refractivity contribution in [1.82, 2.24) is 13.6 Å². The summed E-state index contributed by atoms with van der Waals surface area (Å²) in [6.45, 7) is 1.93. The molecule has 5 nitrogen and oxygen atoms in total. The van der Waals surface area contributed by atoms with E-state index >= 15 is 0 Å². The van der Waals surface area contributed by atoms with E-state index in [1.165, 1.54) is 0 Å². The fourth-order valence-electron chi connectivity index (χ4n) is 3.72. The van der Waals surface area contributed by atoms with Crippen LogP contribution in [0.15, 0.2) is 24.3 Å². The van der Waals surface area contributed by atoms with Gasteiger partial charge in [0.15, 0.2) is 0 Å². The third-order valence-electron chi connectivity index (χ3n) is 4.99. The topological polar surface area (TPSA) is 53.5 Å². The zero-order chi connectivity index (χ0) is 16.6. The largest absolute Gasteiger partial charge is 0.282 e. The number of thiazole rings is 1. The minimum Gasteiger partial charge on any atom is -0.239 e. The van der Waals surface area contributed by atoms with Gasteiger partial charge in [0.05, 0.1) is 16.3 Å². The zero-order valence-electron chi connectivity index (χ0n) is 13.7. The van der Waals surface area contributed by atoms with Crippen LogP contribution in [-0.2, 0) is 10.2 Å². The lowest BCUT2D eigenvalue weighted by Gasteiger charge is -2.29. The standard InChI is InChI=1S/C17H23N3O2S2/c21-24(22,19-11-5-1-2-6-12-19)20-13-7-9-15(20)17-18-14-8-3-4-10-16(14)23-17/h3-4,8,10,15H,1-2,5-7,9,11-13H2/t15-/m0/s1. The van der Waals surface area contributed by atoms with Crippen LogP contribution in [0, 0.1) is 0 Å². The monoisotopic (exact) mass is 365 g/mol. The summed E-state index contributed by atoms with van der Waals surface area (Å²) in [5, 5.41) is 0.937. The Balaban J connectivity index is 1.64. The van der Waals surface area contributed by atoms with Crippen molar-refractivity contribution >= 4 is 31.8 Å². The predicted molar refractivity (Wildman–Crippen MR) is 97.3 cm³/mol. The first-order chi connectivity index (χ1) is 11.7. The van der Waals surface area contributed by atoms with Crippen LogP contribution in [0.1, 0.15) is 49.6 Å². The summed E-state index contributed by atoms with van der Waals surface area (Å²) in [6, 6.07) is 7.93. The quantitative estimate of drug-likeness (QED) is 0.836. The molecule has 1 aromatic heterocycles. The number of hydrogen-bond acceptors (Lipinski definition) is 4. The summed E-state index contributed by atoms with van der Waals surface area (Å²) in [5.41, 5.74) is 0.969. The van der Waals surface area contributed by atoms with Crippen LogP contribution >= 0.6 is 11.3 Å². The molecular weight excluding hydrogens is 342 g/mol. The number of rotatable bonds is 3. The number of nitrogens with zero attached hydrogens (tertiary/aromatic N) is 3. The molecule has 1 atom stereocenters. The lowest BCUT2D eigenvalue weighted by atomic mass is 10.2. The van der Waals surface area contributed by atoms with Gasteiger partial charge in [-0.05, 0) is 37.8 Å². The van der Waals surface area contributed by atoms with E-state index in [1.807, 2.05) is 18.2 Å². The van der Waals surface area contributed by atoms with E-state index < -0.39 is 10.2 Å². The normalized spacial score (nSPS) is 24.4. The van der Waals surface area contributed by atoms with Crippen LogP contribution in [0.25, 0.3) is 10.2 Å². The molecule has 0 saturated carbocycles. The molecular formula is C17H23N3O2S2. The SMILES string of the molecule is O=S(=O)(N1CCCCCC1)N1CCC[C@H]1c1nc2ccccc2s1. The minimum absolute atomic E-state index is 0.101. The van der Waals surface area contributed by atoms with Gasteiger partial charge in [0.1, 0.15) is 5.01 Å². The van der Waals surface area contributed by atoms with Crippen LogP contribution in [0.4, 0.5) is 0 Å². The Bertz CT molecular complexity index is 777. The molecule has 2 fully saturated rings. The van der Waals surface area contributed by atoms with Crippen molar-refractivity contribution in [1.29, 1.82) is 0 Å². The molecule has 0 aliphatic carbocycles. The molecule has 4 rings (SSSR count). The van der Waals surface area contributed by atoms with E-state index in [0.717, 1.165) is 53.7 Å². The van der Waals surface area contributed by atoms with Crippen molar-refractivity contribution in [2.45, 2.75) is 44.6 Å². The second-order valence-corrected chi connectivity index (χ2v) is 9.55. The highest BCUT2D eigenvalue weighted by atomic mass is 32.2. The third-order valence-corrected chi connectivity index (χ3v) is 8.17. The van der Waals surface area contributed by atoms with Crippen molar-refractivity contribution in [2.24, 2.45) is 0 Å². The Morgan fingerprint density at radius 3 is 2.50 bits per heavy atom. The Morgan fingerprint density at radius 1 is 1.00 bits per heavy atom. The maximum atomic E-state index is 13.2. The van der Waals surface area contributed by atoms with Gasteiger partial charge in [0.25, 0.3) is 10.2 Å². The smallest absolute Gasteiger partial charge is 0.239 e. The highest BCUT2D eigenvalue weighted by Crippen LogP contribution is 2.39. The first kappa shape index (κ1) is 16.4. The lowest BCUT2D eigenvalue weighted by Crippen LogP contribution is -2.43. The summed E-state index contributed by atoms with van der Waals surface area (Å²) in [6.07, 6.45) is 5.99. The maximum absolute atomic E-state index is 13.2. The number of hydrogen-bond donors (Lipinski definition) is 0. The van der Waals surface area contributed by atoms with E-state index in [2.05, 4.69) is 6.07 Å². The van der Waals surface area contributed by atoms with Crippen molar-refractivity contribution in [2.75, 3.05) is 19.6 Å². The number of aromatic nitrogens is 1. The van der Waals surface area contributed by atoms with Gasteiger partial charge in [-0.3, -0.25) is 0 Å². The van der Waals surface area contributed by atoms with Crippen molar-refractivity contribution in [3.8, 4) is 0 Å². The van der Waals surface area contributed by atoms with Crippen molar-refractivity contribution in [3.63, 3.8) is 0 Å². The van der Waals surface area contributed by atoms with Gasteiger partial charge in [-0.2, -0.15) is 17.0 Å². The van der Waals surface area contributed by atoms with Gasteiger partial charge in [-0.1, -0.05) is 25.0 Å². The van der Waals surface area contributed by atoms with E-state index in [4.69, 9.17) is 4.98 Å². The first-order valence-corrected chi connectivity index (χ1v) is 11.0. The molecule has 2 saturated heterocycles. The Kier molecular flexibility index (Phi) is 4.60. The number of fused-ring (bicyclic) bond motifs is 1. The molecule has 2 aliphatic heterocycles. The lowest BCUT2D eigenvalue weighted by molar-refractivity contribution is 0.330. The molecule has 2 aromatic rings. The molecule has 7 heteroatoms. The zero-order valence-corrected chi connectivity index (χ0v) is 15.4. The average molecular weight is 366 g/mol. The summed E-state index contributed by atoms with van der Waals surface area (Å²) in [7, 11) is -3.39. The fraction of sp³-hybridized carbons (Fsp3) is 0.588. The Labute approximate surface area is 147 Å². The molecule has 0 bridgehead atoms. The summed E-state index contributed by atoms with van der Waals surface area (Å²) in [5.74, 6) is 0. The van der Waals surface area contributed by atoms with Crippen LogP contribution in [0.5, 0.6) is 0 Å². The predicted octanol–water partition coefficient (Wildman–Crippen LogP) is 3.55. The first-order valence-electron chi connectivity index (χ1n) is 8.79. The molecule has 0 amide bonds. The van der Waals surface area contributed by atoms with Crippen LogP contribution in [0.3, 0.4) is 0 Å². The molecule has 130 valence electrons. The average Bonchev–Trinajstić information content (AvgIpc) is 3.14. The van der Waals surface area contributed by atoms with Gasteiger partial charge in [-0.25, -0.2) is 4.98 Å². The molecule has 1 aromatic carbocycles. The molecule has 0 N–H and O–H groups in total. The van der Waals surface area contributed by atoms with Crippen molar-refractivity contribution in [3.05, 3.63) is 29.3 Å². The van der Waals surface area contributed by atoms with Gasteiger partial charge in [0.2, 0.25) is 0 Å². The molecule has 24 heavy (non-hydrogen) atoms. The Morgan fingerprint density at radius 2 is 1.75 bits per heavy atom. The number of benzene rings is 1. The van der Waals surface area contributed by atoms with Gasteiger partial charge in [0, 0.05) is 19.6 Å². The summed E-state index contributed by atoms with van der Waals surface area (Å²) < 4.78 is 30.9. The van der Waals surface area contributed by atoms with Gasteiger partial charge < -0.3 is 0 Å². The van der Waals surface area contributed by atoms with E-state index in [1.54, 1.807) is 19.9 Å². The third kappa shape index (κ3) is 2.98. The highest BCUT2D eigenvalue weighted by molar-refractivity contribution is 7.86. The highest BCUT2D eigenvalue weighted by Gasteiger charge is 2.40. The molecule has 0 unspecified atom stereocenters. The summed E-state index contributed by atoms with van der Waals surface area (Å²) in [4.78, 5) is 4.72. The van der Waals surface area contributed by atoms with Crippen LogP contribution < -0.4 is 0 Å². The number of para-hydroxylation sites is 1. The van der Waals surface area contributed by atoms with Crippen LogP contribution in [0.2, 0.25) is 0 Å². The van der Waals surface area contributed by atoms with Gasteiger partial charge in [-0.15, -0.1) is 11.3 Å². The van der Waals surface area contributed by atoms with Crippen LogP contribution in [-0.4, -0.2) is 41.6 Å². The molecule has 0 radical (unpaired) electrons. The summed E-state index contributed by atoms with van der Waals surface area (Å²) >= 11 is 1.63. The minimum atomic E-state index is -3.39. The second kappa shape index (κ2) is 6.71.